The number of halogens is 3. The summed E-state index contributed by atoms with van der Waals surface area (Å²) in [5.41, 5.74) is 1.72. The molecule has 2 rings (SSSR count). The Morgan fingerprint density at radius 1 is 1.12 bits per heavy atom. The summed E-state index contributed by atoms with van der Waals surface area (Å²) in [6.45, 7) is 2.20. The zero-order chi connectivity index (χ0) is 17.6. The number of hydrogen-bond donors (Lipinski definition) is 1. The Balaban J connectivity index is 1.71. The monoisotopic (exact) mass is 340 g/mol. The lowest BCUT2D eigenvalue weighted by molar-refractivity contribution is -0.139. The third kappa shape index (κ3) is 6.18. The zero-order valence-electron chi connectivity index (χ0n) is 13.1. The van der Waals surface area contributed by atoms with E-state index >= 15 is 0 Å². The smallest absolute Gasteiger partial charge is 0.346 e. The van der Waals surface area contributed by atoms with Gasteiger partial charge < -0.3 is 5.32 Å². The second-order valence-corrected chi connectivity index (χ2v) is 5.75. The van der Waals surface area contributed by atoms with Gasteiger partial charge in [-0.15, -0.1) is 0 Å². The van der Waals surface area contributed by atoms with Crippen LogP contribution in [0.5, 0.6) is 0 Å². The van der Waals surface area contributed by atoms with E-state index in [1.165, 1.54) is 0 Å². The molecular formula is C16H19F3N4O. The van der Waals surface area contributed by atoms with E-state index in [0.717, 1.165) is 25.2 Å². The molecule has 0 atom stereocenters. The van der Waals surface area contributed by atoms with Crippen LogP contribution in [0.4, 0.5) is 13.2 Å². The van der Waals surface area contributed by atoms with Crippen molar-refractivity contribution in [2.45, 2.75) is 12.7 Å². The molecule has 0 aromatic heterocycles. The van der Waals surface area contributed by atoms with E-state index in [9.17, 15) is 18.0 Å². The van der Waals surface area contributed by atoms with Gasteiger partial charge >= 0.3 is 6.18 Å². The summed E-state index contributed by atoms with van der Waals surface area (Å²) in [7, 11) is 0. The lowest BCUT2D eigenvalue weighted by Crippen LogP contribution is -2.49. The Morgan fingerprint density at radius 3 is 2.25 bits per heavy atom. The molecule has 1 aromatic rings. The molecule has 0 radical (unpaired) electrons. The highest BCUT2D eigenvalue weighted by molar-refractivity contribution is 5.78. The van der Waals surface area contributed by atoms with Crippen LogP contribution in [0.15, 0.2) is 24.3 Å². The van der Waals surface area contributed by atoms with Gasteiger partial charge in [0.05, 0.1) is 18.2 Å². The van der Waals surface area contributed by atoms with E-state index in [-0.39, 0.29) is 6.54 Å². The number of piperazine rings is 1. The molecule has 0 unspecified atom stereocenters. The molecule has 1 fully saturated rings. The van der Waals surface area contributed by atoms with E-state index in [4.69, 9.17) is 5.26 Å². The van der Waals surface area contributed by atoms with Crippen LogP contribution in [0.2, 0.25) is 0 Å². The summed E-state index contributed by atoms with van der Waals surface area (Å²) < 4.78 is 36.1. The first-order chi connectivity index (χ1) is 11.4. The highest BCUT2D eigenvalue weighted by Crippen LogP contribution is 2.12. The van der Waals surface area contributed by atoms with Crippen molar-refractivity contribution in [2.75, 3.05) is 39.3 Å². The van der Waals surface area contributed by atoms with Crippen LogP contribution in [0, 0.1) is 11.3 Å². The van der Waals surface area contributed by atoms with Crippen LogP contribution >= 0.6 is 0 Å². The second-order valence-electron chi connectivity index (χ2n) is 5.75. The number of rotatable bonds is 5. The number of nitrogens with zero attached hydrogens (tertiary/aromatic N) is 3. The van der Waals surface area contributed by atoms with Crippen molar-refractivity contribution in [1.82, 2.24) is 15.1 Å². The van der Waals surface area contributed by atoms with Crippen molar-refractivity contribution in [2.24, 2.45) is 0 Å². The first-order valence-corrected chi connectivity index (χ1v) is 7.63. The fourth-order valence-corrected chi connectivity index (χ4v) is 2.51. The van der Waals surface area contributed by atoms with Crippen LogP contribution in [0.1, 0.15) is 11.1 Å². The lowest BCUT2D eigenvalue weighted by Gasteiger charge is -2.34. The van der Waals surface area contributed by atoms with Crippen molar-refractivity contribution in [3.63, 3.8) is 0 Å². The van der Waals surface area contributed by atoms with Crippen LogP contribution in [-0.4, -0.2) is 61.2 Å². The Morgan fingerprint density at radius 2 is 1.71 bits per heavy atom. The van der Waals surface area contributed by atoms with Gasteiger partial charge in [-0.1, -0.05) is 12.1 Å². The maximum atomic E-state index is 12.0. The topological polar surface area (TPSA) is 59.4 Å². The predicted molar refractivity (Wildman–Crippen MR) is 81.9 cm³/mol. The Kier molecular flexibility index (Phi) is 6.17. The minimum Gasteiger partial charge on any atom is -0.346 e. The Hall–Kier alpha value is -2.11. The van der Waals surface area contributed by atoms with Gasteiger partial charge in [0.2, 0.25) is 5.91 Å². The van der Waals surface area contributed by atoms with Crippen molar-refractivity contribution in [3.8, 4) is 6.07 Å². The minimum absolute atomic E-state index is 0.0131. The fraction of sp³-hybridized carbons (Fsp3) is 0.500. The van der Waals surface area contributed by atoms with E-state index in [0.29, 0.717) is 18.7 Å². The van der Waals surface area contributed by atoms with Gasteiger partial charge in [-0.2, -0.15) is 18.4 Å². The normalized spacial score (nSPS) is 16.6. The summed E-state index contributed by atoms with van der Waals surface area (Å²) in [5, 5.41) is 10.7. The van der Waals surface area contributed by atoms with E-state index in [1.807, 2.05) is 22.3 Å². The summed E-state index contributed by atoms with van der Waals surface area (Å²) in [6, 6.07) is 9.45. The van der Waals surface area contributed by atoms with Gasteiger partial charge in [0.25, 0.3) is 0 Å². The summed E-state index contributed by atoms with van der Waals surface area (Å²) >= 11 is 0. The highest BCUT2D eigenvalue weighted by Gasteiger charge is 2.28. The average Bonchev–Trinajstić information content (AvgIpc) is 2.55. The lowest BCUT2D eigenvalue weighted by atomic mass is 10.1. The molecule has 0 spiro atoms. The Labute approximate surface area is 138 Å². The molecule has 5 nitrogen and oxygen atoms in total. The zero-order valence-corrected chi connectivity index (χ0v) is 13.1. The quantitative estimate of drug-likeness (QED) is 0.879. The van der Waals surface area contributed by atoms with Crippen molar-refractivity contribution in [1.29, 1.82) is 5.26 Å². The highest BCUT2D eigenvalue weighted by atomic mass is 19.4. The maximum Gasteiger partial charge on any atom is 0.405 e. The fourth-order valence-electron chi connectivity index (χ4n) is 2.51. The molecule has 0 aliphatic carbocycles. The molecule has 0 saturated carbocycles. The molecule has 1 N–H and O–H groups in total. The second kappa shape index (κ2) is 8.13. The van der Waals surface area contributed by atoms with Crippen molar-refractivity contribution in [3.05, 3.63) is 35.4 Å². The molecule has 24 heavy (non-hydrogen) atoms. The SMILES string of the molecule is N#Cc1ccc(CN2CCN(CC(=O)NCC(F)(F)F)CC2)cc1. The van der Waals surface area contributed by atoms with E-state index < -0.39 is 18.6 Å². The molecule has 1 aliphatic rings. The molecule has 1 heterocycles. The predicted octanol–water partition coefficient (Wildman–Crippen LogP) is 1.35. The number of alkyl halides is 3. The third-order valence-corrected chi connectivity index (χ3v) is 3.81. The van der Waals surface area contributed by atoms with Crippen LogP contribution in [-0.2, 0) is 11.3 Å². The number of carbonyl (C=O) groups excluding carboxylic acids is 1. The van der Waals surface area contributed by atoms with Gasteiger partial charge in [0, 0.05) is 32.7 Å². The van der Waals surface area contributed by atoms with Crippen LogP contribution in [0.3, 0.4) is 0 Å². The summed E-state index contributed by atoms with van der Waals surface area (Å²) in [5.74, 6) is -0.604. The first-order valence-electron chi connectivity index (χ1n) is 7.63. The maximum absolute atomic E-state index is 12.0. The number of hydrogen-bond acceptors (Lipinski definition) is 4. The molecule has 1 amide bonds. The van der Waals surface area contributed by atoms with Crippen molar-refractivity contribution < 1.29 is 18.0 Å². The summed E-state index contributed by atoms with van der Waals surface area (Å²) in [6.07, 6.45) is -4.38. The minimum atomic E-state index is -4.38. The van der Waals surface area contributed by atoms with Gasteiger partial charge in [-0.05, 0) is 17.7 Å². The third-order valence-electron chi connectivity index (χ3n) is 3.81. The Bertz CT molecular complexity index is 587. The van der Waals surface area contributed by atoms with Crippen LogP contribution in [0.25, 0.3) is 0 Å². The number of amides is 1. The molecule has 130 valence electrons. The van der Waals surface area contributed by atoms with Gasteiger partial charge in [-0.25, -0.2) is 0 Å². The number of carbonyl (C=O) groups is 1. The molecule has 0 bridgehead atoms. The molecular weight excluding hydrogens is 321 g/mol. The molecule has 1 saturated heterocycles. The summed E-state index contributed by atoms with van der Waals surface area (Å²) in [4.78, 5) is 15.6. The average molecular weight is 340 g/mol. The van der Waals surface area contributed by atoms with E-state index in [1.54, 1.807) is 12.1 Å². The van der Waals surface area contributed by atoms with Crippen LogP contribution < -0.4 is 5.32 Å². The van der Waals surface area contributed by atoms with Gasteiger partial charge in [0.1, 0.15) is 6.54 Å². The molecule has 8 heteroatoms. The number of benzene rings is 1. The molecule has 1 aliphatic heterocycles. The van der Waals surface area contributed by atoms with Gasteiger partial charge in [-0.3, -0.25) is 14.6 Å². The number of nitriles is 1. The van der Waals surface area contributed by atoms with E-state index in [2.05, 4.69) is 11.0 Å². The van der Waals surface area contributed by atoms with Gasteiger partial charge in [0.15, 0.2) is 0 Å². The number of nitrogens with one attached hydrogen (secondary N) is 1. The first kappa shape index (κ1) is 18.2. The standard InChI is InChI=1S/C16H19F3N4O/c17-16(18,19)12-21-15(24)11-23-7-5-22(6-8-23)10-14-3-1-13(9-20)2-4-14/h1-4H,5-8,10-12H2,(H,21,24). The largest absolute Gasteiger partial charge is 0.405 e. The molecule has 1 aromatic carbocycles. The van der Waals surface area contributed by atoms with Crippen molar-refractivity contribution >= 4 is 5.91 Å².